The van der Waals surface area contributed by atoms with E-state index in [1.807, 2.05) is 19.1 Å². The van der Waals surface area contributed by atoms with Crippen LogP contribution in [0.1, 0.15) is 51.0 Å². The molecule has 0 saturated heterocycles. The molecule has 1 aliphatic carbocycles. The molecule has 1 saturated carbocycles. The first-order valence-electron chi connectivity index (χ1n) is 12.9. The number of carbonyl (C=O) groups is 1. The molecule has 1 N–H and O–H groups in total. The lowest BCUT2D eigenvalue weighted by atomic mass is 10.0. The van der Waals surface area contributed by atoms with Crippen molar-refractivity contribution < 1.29 is 13.6 Å². The maximum atomic E-state index is 13.4. The summed E-state index contributed by atoms with van der Waals surface area (Å²) < 4.78 is 21.4. The van der Waals surface area contributed by atoms with Crippen LogP contribution in [0.4, 0.5) is 10.2 Å². The van der Waals surface area contributed by atoms with Crippen LogP contribution in [0.5, 0.6) is 0 Å². The van der Waals surface area contributed by atoms with Crippen molar-refractivity contribution in [3.05, 3.63) is 64.9 Å². The van der Waals surface area contributed by atoms with Crippen LogP contribution in [-0.2, 0) is 16.3 Å². The van der Waals surface area contributed by atoms with Crippen molar-refractivity contribution in [3.63, 3.8) is 0 Å². The highest BCUT2D eigenvalue weighted by Gasteiger charge is 2.43. The molecule has 1 amide bonds. The molecular formula is C29H37FN4O3Si. The molecule has 202 valence electrons. The molecule has 0 bridgehead atoms. The van der Waals surface area contributed by atoms with E-state index in [1.54, 1.807) is 31.6 Å². The van der Waals surface area contributed by atoms with E-state index >= 15 is 0 Å². The second kappa shape index (κ2) is 10.2. The summed E-state index contributed by atoms with van der Waals surface area (Å²) >= 11 is 0. The number of hydrogen-bond donors (Lipinski definition) is 1. The van der Waals surface area contributed by atoms with Gasteiger partial charge in [0.2, 0.25) is 5.91 Å². The number of hydrogen-bond acceptors (Lipinski definition) is 5. The van der Waals surface area contributed by atoms with E-state index < -0.39 is 20.4 Å². The molecule has 3 atom stereocenters. The lowest BCUT2D eigenvalue weighted by Crippen LogP contribution is -2.41. The normalized spacial score (nSPS) is 18.3. The number of amides is 1. The van der Waals surface area contributed by atoms with Gasteiger partial charge in [-0.05, 0) is 55.6 Å². The van der Waals surface area contributed by atoms with E-state index in [0.29, 0.717) is 23.3 Å². The molecule has 1 fully saturated rings. The zero-order valence-corrected chi connectivity index (χ0v) is 24.3. The summed E-state index contributed by atoms with van der Waals surface area (Å²) in [6, 6.07) is 5.43. The molecule has 3 heterocycles. The number of carbonyl (C=O) groups excluding carboxylic acids is 1. The summed E-state index contributed by atoms with van der Waals surface area (Å²) in [5, 5.41) is 3.45. The largest absolute Gasteiger partial charge is 0.408 e. The van der Waals surface area contributed by atoms with E-state index in [2.05, 4.69) is 50.7 Å². The molecule has 0 aliphatic heterocycles. The summed E-state index contributed by atoms with van der Waals surface area (Å²) in [5.74, 6) is -0.711. The minimum atomic E-state index is -2.04. The van der Waals surface area contributed by atoms with Crippen LogP contribution < -0.4 is 10.9 Å². The van der Waals surface area contributed by atoms with Gasteiger partial charge in [0, 0.05) is 42.0 Å². The fourth-order valence-electron chi connectivity index (χ4n) is 4.23. The van der Waals surface area contributed by atoms with E-state index in [-0.39, 0.29) is 29.0 Å². The molecule has 9 heteroatoms. The highest BCUT2D eigenvalue weighted by Crippen LogP contribution is 2.41. The first kappa shape index (κ1) is 27.9. The van der Waals surface area contributed by atoms with Gasteiger partial charge in [0.1, 0.15) is 12.0 Å². The third kappa shape index (κ3) is 5.49. The molecule has 0 spiro atoms. The van der Waals surface area contributed by atoms with Gasteiger partial charge in [-0.1, -0.05) is 26.8 Å². The summed E-state index contributed by atoms with van der Waals surface area (Å²) in [7, 11) is -0.361. The van der Waals surface area contributed by atoms with Gasteiger partial charge >= 0.3 is 0 Å². The van der Waals surface area contributed by atoms with Gasteiger partial charge < -0.3 is 14.3 Å². The first-order valence-corrected chi connectivity index (χ1v) is 15.8. The minimum absolute atomic E-state index is 0.0585. The average molecular weight is 537 g/mol. The standard InChI is InChI=1S/C29H37FN4O3Si/c1-9-10-25(37-38(7,8)29(3,4)5)23-11-17(2)21(16-31-23)19-12-18-15-32-26(14-24(18)34(6)28(19)36)33-27(35)20-13-22(20)30/h9,11-12,14-16,20,22,25H,1,10,13H2,2-8H3,(H,32,33,35)/t20-,22+,25?/m0/s1. The lowest BCUT2D eigenvalue weighted by Gasteiger charge is -2.39. The number of rotatable bonds is 8. The Morgan fingerprint density at radius 2 is 1.95 bits per heavy atom. The van der Waals surface area contributed by atoms with Gasteiger partial charge in [-0.25, -0.2) is 9.37 Å². The molecule has 3 aromatic heterocycles. The summed E-state index contributed by atoms with van der Waals surface area (Å²) in [6.07, 6.45) is 4.79. The molecule has 0 aromatic carbocycles. The zero-order valence-electron chi connectivity index (χ0n) is 23.3. The van der Waals surface area contributed by atoms with Crippen LogP contribution in [0.15, 0.2) is 48.0 Å². The first-order chi connectivity index (χ1) is 17.7. The number of fused-ring (bicyclic) bond motifs is 1. The Kier molecular flexibility index (Phi) is 7.46. The highest BCUT2D eigenvalue weighted by molar-refractivity contribution is 6.74. The molecule has 1 aliphatic rings. The Morgan fingerprint density at radius 3 is 2.53 bits per heavy atom. The van der Waals surface area contributed by atoms with Gasteiger partial charge in [-0.15, -0.1) is 6.58 Å². The fourth-order valence-corrected chi connectivity index (χ4v) is 5.51. The van der Waals surface area contributed by atoms with Crippen molar-refractivity contribution in [2.75, 3.05) is 5.32 Å². The van der Waals surface area contributed by atoms with Crippen molar-refractivity contribution in [3.8, 4) is 11.1 Å². The van der Waals surface area contributed by atoms with Crippen molar-refractivity contribution in [2.45, 2.75) is 70.9 Å². The van der Waals surface area contributed by atoms with Gasteiger partial charge in [0.25, 0.3) is 5.56 Å². The number of nitrogens with one attached hydrogen (secondary N) is 1. The van der Waals surface area contributed by atoms with Gasteiger partial charge in [-0.3, -0.25) is 14.6 Å². The zero-order chi connectivity index (χ0) is 28.0. The predicted molar refractivity (Wildman–Crippen MR) is 152 cm³/mol. The highest BCUT2D eigenvalue weighted by atomic mass is 28.4. The third-order valence-electron chi connectivity index (χ3n) is 7.78. The van der Waals surface area contributed by atoms with Crippen LogP contribution in [-0.4, -0.2) is 34.9 Å². The Labute approximate surface area is 224 Å². The van der Waals surface area contributed by atoms with Gasteiger partial charge in [0.15, 0.2) is 8.32 Å². The van der Waals surface area contributed by atoms with E-state index in [9.17, 15) is 14.0 Å². The van der Waals surface area contributed by atoms with Crippen LogP contribution in [0, 0.1) is 12.8 Å². The number of aryl methyl sites for hydroxylation is 2. The summed E-state index contributed by atoms with van der Waals surface area (Å²) in [4.78, 5) is 34.6. The van der Waals surface area contributed by atoms with Crippen molar-refractivity contribution in [2.24, 2.45) is 13.0 Å². The summed E-state index contributed by atoms with van der Waals surface area (Å²) in [5.41, 5.74) is 3.42. The van der Waals surface area contributed by atoms with Crippen LogP contribution in [0.25, 0.3) is 22.0 Å². The van der Waals surface area contributed by atoms with Crippen molar-refractivity contribution >= 4 is 30.9 Å². The smallest absolute Gasteiger partial charge is 0.258 e. The number of alkyl halides is 1. The van der Waals surface area contributed by atoms with Crippen LogP contribution in [0.3, 0.4) is 0 Å². The van der Waals surface area contributed by atoms with Crippen molar-refractivity contribution in [1.29, 1.82) is 0 Å². The number of pyridine rings is 3. The number of nitrogens with zero attached hydrogens (tertiary/aromatic N) is 3. The summed E-state index contributed by atoms with van der Waals surface area (Å²) in [6.45, 7) is 16.9. The molecule has 3 aromatic rings. The Hall–Kier alpha value is -3.17. The SMILES string of the molecule is C=CCC(O[Si](C)(C)C(C)(C)C)c1cc(C)c(-c2cc3cnc(NC(=O)[C@H]4C[C@H]4F)cc3n(C)c2=O)cn1. The molecule has 7 nitrogen and oxygen atoms in total. The Bertz CT molecular complexity index is 1460. The third-order valence-corrected chi connectivity index (χ3v) is 12.3. The van der Waals surface area contributed by atoms with E-state index in [0.717, 1.165) is 22.2 Å². The fraction of sp³-hybridized carbons (Fsp3) is 0.448. The molecule has 38 heavy (non-hydrogen) atoms. The Balaban J connectivity index is 1.67. The molecular weight excluding hydrogens is 499 g/mol. The monoisotopic (exact) mass is 536 g/mol. The maximum absolute atomic E-state index is 13.4. The number of halogens is 1. The van der Waals surface area contributed by atoms with Gasteiger partial charge in [0.05, 0.1) is 23.2 Å². The maximum Gasteiger partial charge on any atom is 0.258 e. The Morgan fingerprint density at radius 1 is 1.26 bits per heavy atom. The molecule has 0 radical (unpaired) electrons. The minimum Gasteiger partial charge on any atom is -0.408 e. The number of aromatic nitrogens is 3. The van der Waals surface area contributed by atoms with E-state index in [1.165, 1.54) is 4.57 Å². The topological polar surface area (TPSA) is 86.1 Å². The second-order valence-corrected chi connectivity index (χ2v) is 16.5. The quantitative estimate of drug-likeness (QED) is 0.272. The van der Waals surface area contributed by atoms with Crippen LogP contribution in [0.2, 0.25) is 18.1 Å². The lowest BCUT2D eigenvalue weighted by molar-refractivity contribution is -0.117. The number of anilines is 1. The molecule has 1 unspecified atom stereocenters. The van der Waals surface area contributed by atoms with Crippen molar-refractivity contribution in [1.82, 2.24) is 14.5 Å². The average Bonchev–Trinajstić information content (AvgIpc) is 3.57. The van der Waals surface area contributed by atoms with Gasteiger partial charge in [-0.2, -0.15) is 0 Å². The van der Waals surface area contributed by atoms with Crippen LogP contribution >= 0.6 is 0 Å². The molecule has 4 rings (SSSR count). The van der Waals surface area contributed by atoms with E-state index in [4.69, 9.17) is 9.41 Å². The second-order valence-electron chi connectivity index (χ2n) is 11.7. The predicted octanol–water partition coefficient (Wildman–Crippen LogP) is 6.24.